The summed E-state index contributed by atoms with van der Waals surface area (Å²) in [5, 5.41) is 0. The number of carbonyl (C=O) groups excluding carboxylic acids is 1. The lowest BCUT2D eigenvalue weighted by Crippen LogP contribution is -2.54. The van der Waals surface area contributed by atoms with E-state index in [4.69, 9.17) is 26.0 Å². The number of terminal acetylenes is 1. The molecule has 36 heavy (non-hydrogen) atoms. The molecule has 0 saturated carbocycles. The number of ether oxygens (including phenoxy) is 1. The summed E-state index contributed by atoms with van der Waals surface area (Å²) in [6.07, 6.45) is 6.17. The van der Waals surface area contributed by atoms with Crippen LogP contribution in [0.2, 0.25) is 0 Å². The molecule has 2 atom stereocenters. The first-order chi connectivity index (χ1) is 18.6. The highest BCUT2D eigenvalue weighted by molar-refractivity contribution is 5.98. The van der Waals surface area contributed by atoms with Crippen molar-refractivity contribution >= 4 is 16.9 Å². The lowest BCUT2D eigenvalue weighted by Gasteiger charge is -2.38. The van der Waals surface area contributed by atoms with Gasteiger partial charge in [0.25, 0.3) is 5.91 Å². The van der Waals surface area contributed by atoms with Crippen LogP contribution in [0, 0.1) is 18.2 Å². The molecule has 3 aromatic carbocycles. The van der Waals surface area contributed by atoms with Gasteiger partial charge in [-0.15, -0.1) is 6.42 Å². The zero-order chi connectivity index (χ0) is 27.3. The van der Waals surface area contributed by atoms with E-state index < -0.39 is 36.3 Å². The maximum absolute atomic E-state index is 15.1. The first kappa shape index (κ1) is 18.3. The van der Waals surface area contributed by atoms with Crippen molar-refractivity contribution in [3.63, 3.8) is 0 Å². The average molecular weight is 482 g/mol. The van der Waals surface area contributed by atoms with Gasteiger partial charge < -0.3 is 19.9 Å². The van der Waals surface area contributed by atoms with Crippen LogP contribution in [0.1, 0.15) is 55.5 Å². The molecule has 1 amide bonds. The highest BCUT2D eigenvalue weighted by atomic mass is 19.1. The van der Waals surface area contributed by atoms with Crippen molar-refractivity contribution in [2.24, 2.45) is 5.73 Å². The number of nitrogens with zero attached hydrogens (tertiary/aromatic N) is 3. The summed E-state index contributed by atoms with van der Waals surface area (Å²) in [6, 6.07) is 14.5. The molecule has 7 heteroatoms. The number of imidazole rings is 1. The van der Waals surface area contributed by atoms with Crippen molar-refractivity contribution in [3.05, 3.63) is 88.5 Å². The van der Waals surface area contributed by atoms with Crippen LogP contribution in [-0.4, -0.2) is 40.5 Å². The summed E-state index contributed by atoms with van der Waals surface area (Å²) in [7, 11) is 0. The smallest absolute Gasteiger partial charge is 0.254 e. The van der Waals surface area contributed by atoms with Crippen molar-refractivity contribution in [1.82, 2.24) is 14.5 Å². The molecule has 4 heterocycles. The molecule has 0 aliphatic carbocycles. The van der Waals surface area contributed by atoms with Crippen LogP contribution >= 0.6 is 0 Å². The molecule has 0 radical (unpaired) electrons. The lowest BCUT2D eigenvalue weighted by atomic mass is 9.87. The Bertz CT molecular complexity index is 1750. The third-order valence-electron chi connectivity index (χ3n) is 7.69. The Labute approximate surface area is 211 Å². The van der Waals surface area contributed by atoms with Crippen LogP contribution in [0.25, 0.3) is 22.2 Å². The van der Waals surface area contributed by atoms with Crippen LogP contribution in [0.15, 0.2) is 54.6 Å². The second-order valence-corrected chi connectivity index (χ2v) is 9.74. The summed E-state index contributed by atoms with van der Waals surface area (Å²) in [4.78, 5) is 19.3. The summed E-state index contributed by atoms with van der Waals surface area (Å²) in [6.45, 7) is -2.13. The Morgan fingerprint density at radius 1 is 1.19 bits per heavy atom. The third kappa shape index (κ3) is 2.74. The lowest BCUT2D eigenvalue weighted by molar-refractivity contribution is -0.0584. The molecule has 0 spiro atoms. The Balaban J connectivity index is 1.42. The zero-order valence-electron chi connectivity index (χ0n) is 22.2. The van der Waals surface area contributed by atoms with E-state index in [0.29, 0.717) is 40.0 Å². The number of benzene rings is 3. The van der Waals surface area contributed by atoms with E-state index in [9.17, 15) is 4.79 Å². The predicted octanol–water partition coefficient (Wildman–Crippen LogP) is 4.13. The molecule has 1 saturated heterocycles. The fourth-order valence-corrected chi connectivity index (χ4v) is 5.83. The minimum atomic E-state index is -2.68. The largest absolute Gasteiger partial charge is 0.377 e. The maximum atomic E-state index is 15.1. The van der Waals surface area contributed by atoms with Gasteiger partial charge in [-0.25, -0.2) is 9.37 Å². The van der Waals surface area contributed by atoms with Gasteiger partial charge in [0.2, 0.25) is 0 Å². The van der Waals surface area contributed by atoms with Crippen molar-refractivity contribution in [2.45, 2.75) is 24.0 Å². The number of hydrogen-bond acceptors (Lipinski definition) is 4. The normalized spacial score (nSPS) is 23.1. The Morgan fingerprint density at radius 3 is 2.72 bits per heavy atom. The van der Waals surface area contributed by atoms with Crippen LogP contribution in [-0.2, 0) is 10.3 Å². The highest BCUT2D eigenvalue weighted by Crippen LogP contribution is 2.48. The number of nitrogens with two attached hydrogens (primary N) is 1. The molecule has 0 unspecified atom stereocenters. The van der Waals surface area contributed by atoms with Gasteiger partial charge in [-0.2, -0.15) is 0 Å². The van der Waals surface area contributed by atoms with E-state index >= 15 is 4.39 Å². The molecule has 3 aliphatic rings. The molecule has 178 valence electrons. The number of hydrogen-bond donors (Lipinski definition) is 1. The minimum absolute atomic E-state index is 0.274. The van der Waals surface area contributed by atoms with Gasteiger partial charge in [-0.1, -0.05) is 30.2 Å². The fourth-order valence-electron chi connectivity index (χ4n) is 5.83. The number of carbonyl (C=O) groups is 1. The summed E-state index contributed by atoms with van der Waals surface area (Å²) < 4.78 is 46.8. The molecule has 4 aromatic rings. The molecule has 1 fully saturated rings. The molecule has 3 aliphatic heterocycles. The van der Waals surface area contributed by atoms with E-state index in [1.54, 1.807) is 24.3 Å². The highest BCUT2D eigenvalue weighted by Gasteiger charge is 2.44. The number of rotatable bonds is 2. The quantitative estimate of drug-likeness (QED) is 0.437. The standard InChI is InChI=1S/C29H23FN4O2/c1-3-16-5-4-6-19-26(16)24-13-25(33(2)28(19)35)27-32-22-10-8-18(12-23(22)34(24)27)17-7-9-20(21(30)11-17)29(31)14-36-15-29/h1,4-12,24-25H,13-15,31H2,2H3/t24-,25-/m1/s1/i2D3. The summed E-state index contributed by atoms with van der Waals surface area (Å²) in [5.74, 6) is 2.18. The van der Waals surface area contributed by atoms with Crippen LogP contribution in [0.3, 0.4) is 0 Å². The number of fused-ring (bicyclic) bond motifs is 9. The number of aromatic nitrogens is 2. The van der Waals surface area contributed by atoms with Gasteiger partial charge in [-0.05, 0) is 41.5 Å². The van der Waals surface area contributed by atoms with Crippen molar-refractivity contribution < 1.29 is 18.0 Å². The fraction of sp³-hybridized carbons (Fsp3) is 0.241. The molecule has 6 nitrogen and oxygen atoms in total. The van der Waals surface area contributed by atoms with Crippen molar-refractivity contribution in [2.75, 3.05) is 20.2 Å². The van der Waals surface area contributed by atoms with Gasteiger partial charge in [0.1, 0.15) is 11.6 Å². The molecule has 1 aromatic heterocycles. The molecular weight excluding hydrogens is 455 g/mol. The van der Waals surface area contributed by atoms with E-state index in [2.05, 4.69) is 5.92 Å². The van der Waals surface area contributed by atoms with Crippen LogP contribution < -0.4 is 5.73 Å². The van der Waals surface area contributed by atoms with Gasteiger partial charge in [0, 0.05) is 39.8 Å². The second-order valence-electron chi connectivity index (χ2n) is 9.74. The Morgan fingerprint density at radius 2 is 2.00 bits per heavy atom. The Hall–Kier alpha value is -3.99. The first-order valence-electron chi connectivity index (χ1n) is 13.2. The van der Waals surface area contributed by atoms with Gasteiger partial charge in [-0.3, -0.25) is 4.79 Å². The topological polar surface area (TPSA) is 73.4 Å². The van der Waals surface area contributed by atoms with Gasteiger partial charge >= 0.3 is 0 Å². The van der Waals surface area contributed by atoms with E-state index in [-0.39, 0.29) is 18.8 Å². The third-order valence-corrected chi connectivity index (χ3v) is 7.69. The van der Waals surface area contributed by atoms with Gasteiger partial charge in [0.15, 0.2) is 0 Å². The monoisotopic (exact) mass is 481 g/mol. The predicted molar refractivity (Wildman–Crippen MR) is 134 cm³/mol. The van der Waals surface area contributed by atoms with E-state index in [0.717, 1.165) is 16.0 Å². The van der Waals surface area contributed by atoms with Crippen LogP contribution in [0.4, 0.5) is 4.39 Å². The SMILES string of the molecule is [2H]C([2H])([2H])N1C(=O)c2cccc(C#C)c2[C@H]2C[C@@H]1c1nc3ccc(-c4ccc(C5(N)COC5)c(F)c4)cc3n12. The van der Waals surface area contributed by atoms with E-state index in [1.807, 2.05) is 28.8 Å². The van der Waals surface area contributed by atoms with Crippen molar-refractivity contribution in [3.8, 4) is 23.5 Å². The van der Waals surface area contributed by atoms with Crippen LogP contribution in [0.5, 0.6) is 0 Å². The second kappa shape index (κ2) is 7.26. The molecule has 2 bridgehead atoms. The van der Waals surface area contributed by atoms with Gasteiger partial charge in [0.05, 0.1) is 41.9 Å². The summed E-state index contributed by atoms with van der Waals surface area (Å²) >= 11 is 0. The number of halogens is 1. The first-order valence-corrected chi connectivity index (χ1v) is 11.7. The Kier molecular flexibility index (Phi) is 3.69. The van der Waals surface area contributed by atoms with E-state index in [1.165, 1.54) is 6.07 Å². The zero-order valence-corrected chi connectivity index (χ0v) is 19.2. The van der Waals surface area contributed by atoms with Crippen molar-refractivity contribution in [1.29, 1.82) is 0 Å². The summed E-state index contributed by atoms with van der Waals surface area (Å²) in [5.41, 5.74) is 10.1. The maximum Gasteiger partial charge on any atom is 0.254 e. The molecule has 7 rings (SSSR count). The molecular formula is C29H23FN4O2. The minimum Gasteiger partial charge on any atom is -0.377 e. The molecule has 2 N–H and O–H groups in total. The number of amides is 1. The average Bonchev–Trinajstić information content (AvgIpc) is 3.39.